The van der Waals surface area contributed by atoms with E-state index in [1.54, 1.807) is 39.0 Å². The van der Waals surface area contributed by atoms with Crippen LogP contribution in [0, 0.1) is 0 Å². The molecule has 1 rings (SSSR count). The van der Waals surface area contributed by atoms with Crippen molar-refractivity contribution in [1.29, 1.82) is 0 Å². The number of carbonyl (C=O) groups is 3. The summed E-state index contributed by atoms with van der Waals surface area (Å²) in [4.78, 5) is 39.4. The van der Waals surface area contributed by atoms with Crippen molar-refractivity contribution in [1.82, 2.24) is 15.5 Å². The Balaban J connectivity index is 3.06. The van der Waals surface area contributed by atoms with Crippen molar-refractivity contribution >= 4 is 17.9 Å². The number of carbonyl (C=O) groups excluding carboxylic acids is 3. The first-order chi connectivity index (χ1) is 14.1. The van der Waals surface area contributed by atoms with Crippen molar-refractivity contribution < 1.29 is 19.1 Å². The van der Waals surface area contributed by atoms with Crippen LogP contribution < -0.4 is 10.6 Å². The fourth-order valence-electron chi connectivity index (χ4n) is 2.99. The minimum atomic E-state index is -0.837. The Bertz CT molecular complexity index is 713. The van der Waals surface area contributed by atoms with Crippen LogP contribution in [0.15, 0.2) is 43.0 Å². The molecule has 0 radical (unpaired) electrons. The molecule has 0 saturated heterocycles. The second-order valence-electron chi connectivity index (χ2n) is 8.20. The minimum absolute atomic E-state index is 0.0192. The van der Waals surface area contributed by atoms with Gasteiger partial charge < -0.3 is 20.3 Å². The van der Waals surface area contributed by atoms with Gasteiger partial charge in [0, 0.05) is 12.6 Å². The van der Waals surface area contributed by atoms with Gasteiger partial charge >= 0.3 is 6.09 Å². The summed E-state index contributed by atoms with van der Waals surface area (Å²) in [5.74, 6) is -0.678. The number of nitrogens with one attached hydrogen (secondary N) is 2. The van der Waals surface area contributed by atoms with Gasteiger partial charge in [0.15, 0.2) is 0 Å². The van der Waals surface area contributed by atoms with Gasteiger partial charge in [0.1, 0.15) is 18.2 Å². The van der Waals surface area contributed by atoms with E-state index in [2.05, 4.69) is 17.2 Å². The Hall–Kier alpha value is -2.83. The molecule has 0 aliphatic rings. The van der Waals surface area contributed by atoms with Crippen molar-refractivity contribution in [3.8, 4) is 0 Å². The van der Waals surface area contributed by atoms with Crippen LogP contribution in [0.25, 0.3) is 0 Å². The first kappa shape index (κ1) is 25.2. The predicted octanol–water partition coefficient (Wildman–Crippen LogP) is 3.57. The molecule has 0 spiro atoms. The lowest BCUT2D eigenvalue weighted by Gasteiger charge is -2.31. The highest BCUT2D eigenvalue weighted by atomic mass is 16.6. The number of nitrogens with zero attached hydrogens (tertiary/aromatic N) is 1. The maximum absolute atomic E-state index is 13.1. The minimum Gasteiger partial charge on any atom is -0.444 e. The Morgan fingerprint density at radius 3 is 2.37 bits per heavy atom. The molecule has 0 aromatic heterocycles. The second kappa shape index (κ2) is 12.0. The molecule has 30 heavy (non-hydrogen) atoms. The molecule has 166 valence electrons. The van der Waals surface area contributed by atoms with Gasteiger partial charge in [-0.15, -0.1) is 6.58 Å². The van der Waals surface area contributed by atoms with E-state index in [0.717, 1.165) is 12.8 Å². The highest BCUT2D eigenvalue weighted by Crippen LogP contribution is 2.22. The number of alkyl carbamates (subject to hydrolysis) is 1. The summed E-state index contributed by atoms with van der Waals surface area (Å²) in [6.07, 6.45) is 2.64. The Kier molecular flexibility index (Phi) is 10.1. The number of benzene rings is 1. The molecular weight excluding hydrogens is 382 g/mol. The van der Waals surface area contributed by atoms with Gasteiger partial charge in [-0.1, -0.05) is 49.8 Å². The highest BCUT2D eigenvalue weighted by molar-refractivity contribution is 5.90. The molecule has 0 fully saturated rings. The number of rotatable bonds is 10. The van der Waals surface area contributed by atoms with Crippen LogP contribution in [0.5, 0.6) is 0 Å². The lowest BCUT2D eigenvalue weighted by atomic mass is 10.0. The highest BCUT2D eigenvalue weighted by Gasteiger charge is 2.31. The molecule has 7 nitrogen and oxygen atoms in total. The Labute approximate surface area is 179 Å². The zero-order chi connectivity index (χ0) is 22.7. The first-order valence-electron chi connectivity index (χ1n) is 10.3. The van der Waals surface area contributed by atoms with Crippen LogP contribution in [0.3, 0.4) is 0 Å². The summed E-state index contributed by atoms with van der Waals surface area (Å²) < 4.78 is 5.18. The number of hydrogen-bond acceptors (Lipinski definition) is 4. The summed E-state index contributed by atoms with van der Waals surface area (Å²) in [6.45, 7) is 12.8. The summed E-state index contributed by atoms with van der Waals surface area (Å²) >= 11 is 0. The summed E-state index contributed by atoms with van der Waals surface area (Å²) in [6, 6.07) is 8.24. The van der Waals surface area contributed by atoms with E-state index in [9.17, 15) is 14.4 Å². The largest absolute Gasteiger partial charge is 0.444 e. The molecule has 0 bridgehead atoms. The topological polar surface area (TPSA) is 87.7 Å². The quantitative estimate of drug-likeness (QED) is 0.570. The molecule has 2 atom stereocenters. The number of ether oxygens (including phenoxy) is 1. The molecular formula is C23H35N3O4. The molecule has 0 aliphatic heterocycles. The zero-order valence-electron chi connectivity index (χ0n) is 18.7. The molecule has 3 amide bonds. The van der Waals surface area contributed by atoms with Crippen molar-refractivity contribution in [2.75, 3.05) is 13.1 Å². The van der Waals surface area contributed by atoms with E-state index in [4.69, 9.17) is 4.74 Å². The zero-order valence-corrected chi connectivity index (χ0v) is 18.7. The molecule has 1 aromatic rings. The fraction of sp³-hybridized carbons (Fsp3) is 0.522. The Morgan fingerprint density at radius 1 is 1.20 bits per heavy atom. The van der Waals surface area contributed by atoms with Gasteiger partial charge in [0.25, 0.3) is 0 Å². The van der Waals surface area contributed by atoms with Crippen LogP contribution in [0.1, 0.15) is 59.1 Å². The first-order valence-corrected chi connectivity index (χ1v) is 10.3. The standard InChI is InChI=1S/C23H35N3O4/c1-7-12-17(3)25-21(28)20(18-13-10-9-11-14-18)26(15-8-2)19(27)16-24-22(29)30-23(4,5)6/h8-11,13-14,17,20H,2,7,12,15-16H2,1,3-6H3,(H,24,29)(H,25,28). The third-order valence-corrected chi connectivity index (χ3v) is 4.21. The van der Waals surface area contributed by atoms with E-state index < -0.39 is 23.6 Å². The lowest BCUT2D eigenvalue weighted by molar-refractivity contribution is -0.139. The van der Waals surface area contributed by atoms with Gasteiger partial charge in [-0.3, -0.25) is 9.59 Å². The van der Waals surface area contributed by atoms with Crippen LogP contribution >= 0.6 is 0 Å². The van der Waals surface area contributed by atoms with E-state index in [1.807, 2.05) is 32.0 Å². The van der Waals surface area contributed by atoms with Crippen LogP contribution in [-0.2, 0) is 14.3 Å². The average molecular weight is 418 g/mol. The van der Waals surface area contributed by atoms with Crippen molar-refractivity contribution in [2.24, 2.45) is 0 Å². The molecule has 0 saturated carbocycles. The van der Waals surface area contributed by atoms with Gasteiger partial charge in [0.05, 0.1) is 0 Å². The third kappa shape index (κ3) is 8.68. The van der Waals surface area contributed by atoms with Gasteiger partial charge in [-0.25, -0.2) is 4.79 Å². The maximum atomic E-state index is 13.1. The van der Waals surface area contributed by atoms with Crippen molar-refractivity contribution in [2.45, 2.75) is 65.1 Å². The molecule has 7 heteroatoms. The van der Waals surface area contributed by atoms with E-state index in [1.165, 1.54) is 4.90 Å². The van der Waals surface area contributed by atoms with E-state index in [-0.39, 0.29) is 25.0 Å². The number of amides is 3. The van der Waals surface area contributed by atoms with Gasteiger partial charge in [-0.05, 0) is 39.7 Å². The van der Waals surface area contributed by atoms with Crippen LogP contribution in [-0.4, -0.2) is 47.5 Å². The van der Waals surface area contributed by atoms with Crippen LogP contribution in [0.4, 0.5) is 4.79 Å². The van der Waals surface area contributed by atoms with E-state index >= 15 is 0 Å². The van der Waals surface area contributed by atoms with Crippen molar-refractivity contribution in [3.63, 3.8) is 0 Å². The number of hydrogen-bond donors (Lipinski definition) is 2. The lowest BCUT2D eigenvalue weighted by Crippen LogP contribution is -2.49. The third-order valence-electron chi connectivity index (χ3n) is 4.21. The molecule has 2 unspecified atom stereocenters. The predicted molar refractivity (Wildman–Crippen MR) is 118 cm³/mol. The summed E-state index contributed by atoms with van der Waals surface area (Å²) in [5, 5.41) is 5.46. The van der Waals surface area contributed by atoms with Gasteiger partial charge in [0.2, 0.25) is 11.8 Å². The van der Waals surface area contributed by atoms with Gasteiger partial charge in [-0.2, -0.15) is 0 Å². The van der Waals surface area contributed by atoms with Crippen molar-refractivity contribution in [3.05, 3.63) is 48.6 Å². The maximum Gasteiger partial charge on any atom is 0.408 e. The molecule has 0 aliphatic carbocycles. The Morgan fingerprint density at radius 2 is 1.83 bits per heavy atom. The van der Waals surface area contributed by atoms with Crippen LogP contribution in [0.2, 0.25) is 0 Å². The summed E-state index contributed by atoms with van der Waals surface area (Å²) in [5.41, 5.74) is 0.0154. The normalized spacial score (nSPS) is 13.0. The smallest absolute Gasteiger partial charge is 0.408 e. The average Bonchev–Trinajstić information content (AvgIpc) is 2.65. The molecule has 0 heterocycles. The molecule has 1 aromatic carbocycles. The van der Waals surface area contributed by atoms with E-state index in [0.29, 0.717) is 5.56 Å². The SMILES string of the molecule is C=CCN(C(=O)CNC(=O)OC(C)(C)C)C(C(=O)NC(C)CCC)c1ccccc1. The summed E-state index contributed by atoms with van der Waals surface area (Å²) in [7, 11) is 0. The molecule has 2 N–H and O–H groups in total. The second-order valence-corrected chi connectivity index (χ2v) is 8.20. The fourth-order valence-corrected chi connectivity index (χ4v) is 2.99. The monoisotopic (exact) mass is 417 g/mol.